The minimum atomic E-state index is 0. The van der Waals surface area contributed by atoms with Crippen molar-refractivity contribution < 1.29 is 20.1 Å². The van der Waals surface area contributed by atoms with Crippen LogP contribution in [0.2, 0.25) is 0 Å². The van der Waals surface area contributed by atoms with E-state index in [0.717, 1.165) is 11.2 Å². The van der Waals surface area contributed by atoms with Crippen LogP contribution >= 0.6 is 0 Å². The van der Waals surface area contributed by atoms with Crippen molar-refractivity contribution in [3.63, 3.8) is 0 Å². The standard InChI is InChI=1S/C21H23N.Ir/c1-2-3-4-5-8-17-11-13-19(14-12-17)21-16-15-18-9-6-7-10-20(18)22-21;/h6-7,9-16H,2-5,8H2,1H3;/q;+3. The van der Waals surface area contributed by atoms with Crippen LogP contribution in [0.4, 0.5) is 0 Å². The molecule has 2 aromatic carbocycles. The van der Waals surface area contributed by atoms with Crippen LogP contribution in [-0.4, -0.2) is 4.98 Å². The Balaban J connectivity index is 0.00000192. The Morgan fingerprint density at radius 2 is 1.57 bits per heavy atom. The van der Waals surface area contributed by atoms with Crippen molar-refractivity contribution in [1.29, 1.82) is 0 Å². The Bertz CT molecular complexity index is 734. The van der Waals surface area contributed by atoms with Crippen molar-refractivity contribution in [1.82, 2.24) is 4.98 Å². The molecule has 0 radical (unpaired) electrons. The average molecular weight is 482 g/mol. The Morgan fingerprint density at radius 1 is 0.783 bits per heavy atom. The van der Waals surface area contributed by atoms with Gasteiger partial charge in [0.1, 0.15) is 0 Å². The van der Waals surface area contributed by atoms with Gasteiger partial charge in [0.25, 0.3) is 0 Å². The van der Waals surface area contributed by atoms with Gasteiger partial charge in [0.05, 0.1) is 11.2 Å². The summed E-state index contributed by atoms with van der Waals surface area (Å²) in [5.74, 6) is 0. The maximum atomic E-state index is 4.76. The van der Waals surface area contributed by atoms with Crippen LogP contribution in [0.5, 0.6) is 0 Å². The number of fused-ring (bicyclic) bond motifs is 1. The zero-order chi connectivity index (χ0) is 15.2. The number of aryl methyl sites for hydroxylation is 1. The first-order valence-electron chi connectivity index (χ1n) is 8.32. The van der Waals surface area contributed by atoms with Gasteiger partial charge in [-0.15, -0.1) is 0 Å². The molecule has 3 aromatic rings. The van der Waals surface area contributed by atoms with Crippen molar-refractivity contribution in [3.05, 3.63) is 66.2 Å². The topological polar surface area (TPSA) is 12.9 Å². The number of rotatable bonds is 6. The average Bonchev–Trinajstić information content (AvgIpc) is 2.59. The van der Waals surface area contributed by atoms with Crippen molar-refractivity contribution in [3.8, 4) is 11.3 Å². The summed E-state index contributed by atoms with van der Waals surface area (Å²) in [6.45, 7) is 2.26. The van der Waals surface area contributed by atoms with E-state index >= 15 is 0 Å². The minimum Gasteiger partial charge on any atom is -0.248 e. The molecule has 0 saturated heterocycles. The van der Waals surface area contributed by atoms with E-state index in [0.29, 0.717) is 0 Å². The third-order valence-corrected chi connectivity index (χ3v) is 4.17. The van der Waals surface area contributed by atoms with Gasteiger partial charge in [-0.2, -0.15) is 0 Å². The number of hydrogen-bond donors (Lipinski definition) is 0. The smallest absolute Gasteiger partial charge is 0.248 e. The van der Waals surface area contributed by atoms with Gasteiger partial charge in [0.2, 0.25) is 0 Å². The fourth-order valence-electron chi connectivity index (χ4n) is 2.82. The maximum Gasteiger partial charge on any atom is 3.00 e. The van der Waals surface area contributed by atoms with E-state index in [1.807, 2.05) is 6.07 Å². The van der Waals surface area contributed by atoms with Crippen molar-refractivity contribution in [2.75, 3.05) is 0 Å². The maximum absolute atomic E-state index is 4.76. The number of hydrogen-bond acceptors (Lipinski definition) is 1. The van der Waals surface area contributed by atoms with Crippen molar-refractivity contribution >= 4 is 10.9 Å². The Hall–Kier alpha value is -1.50. The molecule has 0 fully saturated rings. The summed E-state index contributed by atoms with van der Waals surface area (Å²) >= 11 is 0. The van der Waals surface area contributed by atoms with E-state index in [9.17, 15) is 0 Å². The van der Waals surface area contributed by atoms with Crippen molar-refractivity contribution in [2.45, 2.75) is 39.0 Å². The number of aromatic nitrogens is 1. The molecule has 0 aliphatic rings. The van der Waals surface area contributed by atoms with Crippen molar-refractivity contribution in [2.24, 2.45) is 0 Å². The van der Waals surface area contributed by atoms with Gasteiger partial charge in [0.15, 0.2) is 0 Å². The summed E-state index contributed by atoms with van der Waals surface area (Å²) < 4.78 is 0. The monoisotopic (exact) mass is 482 g/mol. The molecule has 0 saturated carbocycles. The van der Waals surface area contributed by atoms with Gasteiger partial charge in [-0.25, -0.2) is 4.98 Å². The number of para-hydroxylation sites is 1. The molecule has 0 N–H and O–H groups in total. The summed E-state index contributed by atoms with van der Waals surface area (Å²) in [6.07, 6.45) is 6.46. The number of benzene rings is 2. The van der Waals surface area contributed by atoms with Crippen LogP contribution in [0, 0.1) is 0 Å². The summed E-state index contributed by atoms with van der Waals surface area (Å²) in [5, 5.41) is 1.19. The number of nitrogens with zero attached hydrogens (tertiary/aromatic N) is 1. The molecule has 0 aliphatic carbocycles. The Kier molecular flexibility index (Phi) is 6.95. The second-order valence-electron chi connectivity index (χ2n) is 5.90. The molecule has 0 bridgehead atoms. The summed E-state index contributed by atoms with van der Waals surface area (Å²) in [6, 6.07) is 21.4. The summed E-state index contributed by atoms with van der Waals surface area (Å²) in [4.78, 5) is 4.76. The molecule has 23 heavy (non-hydrogen) atoms. The fraction of sp³-hybridized carbons (Fsp3) is 0.286. The first-order chi connectivity index (χ1) is 10.9. The van der Waals surface area contributed by atoms with E-state index in [2.05, 4.69) is 61.5 Å². The fourth-order valence-corrected chi connectivity index (χ4v) is 2.82. The van der Waals surface area contributed by atoms with Gasteiger partial charge in [0, 0.05) is 10.9 Å². The Morgan fingerprint density at radius 3 is 2.35 bits per heavy atom. The molecule has 0 aliphatic heterocycles. The Labute approximate surface area is 152 Å². The molecule has 1 aromatic heterocycles. The molecule has 0 atom stereocenters. The third-order valence-electron chi connectivity index (χ3n) is 4.17. The molecule has 3 rings (SSSR count). The van der Waals surface area contributed by atoms with Crippen LogP contribution in [0.25, 0.3) is 22.2 Å². The van der Waals surface area contributed by atoms with Gasteiger partial charge < -0.3 is 0 Å². The van der Waals surface area contributed by atoms with Gasteiger partial charge >= 0.3 is 20.1 Å². The van der Waals surface area contributed by atoms with Gasteiger partial charge in [-0.3, -0.25) is 0 Å². The zero-order valence-corrected chi connectivity index (χ0v) is 16.0. The van der Waals surface area contributed by atoms with E-state index < -0.39 is 0 Å². The summed E-state index contributed by atoms with van der Waals surface area (Å²) in [5.41, 5.74) is 4.74. The molecule has 118 valence electrons. The van der Waals surface area contributed by atoms with E-state index in [-0.39, 0.29) is 20.1 Å². The molecule has 0 amide bonds. The van der Waals surface area contributed by atoms with Crippen LogP contribution in [0.1, 0.15) is 38.2 Å². The third kappa shape index (κ3) is 4.73. The second-order valence-corrected chi connectivity index (χ2v) is 5.90. The van der Waals surface area contributed by atoms with Gasteiger partial charge in [-0.05, 0) is 30.5 Å². The molecule has 0 unspecified atom stereocenters. The normalized spacial score (nSPS) is 10.5. The van der Waals surface area contributed by atoms with E-state index in [1.165, 1.54) is 48.6 Å². The van der Waals surface area contributed by atoms with Crippen LogP contribution in [0.15, 0.2) is 60.7 Å². The minimum absolute atomic E-state index is 0. The molecule has 2 heteroatoms. The molecule has 1 nitrogen and oxygen atoms in total. The predicted molar refractivity (Wildman–Crippen MR) is 95.0 cm³/mol. The first kappa shape index (κ1) is 17.8. The largest absolute Gasteiger partial charge is 3.00 e. The number of pyridine rings is 1. The van der Waals surface area contributed by atoms with Crippen LogP contribution in [0.3, 0.4) is 0 Å². The van der Waals surface area contributed by atoms with Gasteiger partial charge in [-0.1, -0.05) is 74.7 Å². The number of unbranched alkanes of at least 4 members (excludes halogenated alkanes) is 3. The quantitative estimate of drug-likeness (QED) is 0.392. The van der Waals surface area contributed by atoms with Crippen LogP contribution < -0.4 is 0 Å². The SMILES string of the molecule is CCCCCCc1ccc(-c2ccc3ccccc3n2)cc1.[Ir+3]. The van der Waals surface area contributed by atoms with Crippen LogP contribution in [-0.2, 0) is 26.5 Å². The molecule has 0 spiro atoms. The first-order valence-corrected chi connectivity index (χ1v) is 8.32. The van der Waals surface area contributed by atoms with E-state index in [1.54, 1.807) is 0 Å². The molecular weight excluding hydrogens is 458 g/mol. The zero-order valence-electron chi connectivity index (χ0n) is 13.6. The molecule has 1 heterocycles. The molecular formula is C21H23IrN+3. The second kappa shape index (κ2) is 8.96. The summed E-state index contributed by atoms with van der Waals surface area (Å²) in [7, 11) is 0. The van der Waals surface area contributed by atoms with E-state index in [4.69, 9.17) is 4.98 Å². The predicted octanol–water partition coefficient (Wildman–Crippen LogP) is 6.02.